The first-order chi connectivity index (χ1) is 10.0. The molecule has 1 aliphatic rings. The molecule has 2 unspecified atom stereocenters. The third-order valence-electron chi connectivity index (χ3n) is 3.49. The fourth-order valence-electron chi connectivity index (χ4n) is 2.43. The van der Waals surface area contributed by atoms with Gasteiger partial charge in [0.25, 0.3) is 5.91 Å². The van der Waals surface area contributed by atoms with Gasteiger partial charge in [-0.05, 0) is 44.5 Å². The van der Waals surface area contributed by atoms with Crippen molar-refractivity contribution in [2.24, 2.45) is 0 Å². The third kappa shape index (κ3) is 5.13. The lowest BCUT2D eigenvalue weighted by molar-refractivity contribution is -0.121. The molecule has 6 heteroatoms. The number of nitrogens with one attached hydrogen (secondary N) is 3. The number of benzene rings is 1. The highest BCUT2D eigenvalue weighted by atomic mass is 79.9. The molecule has 1 saturated heterocycles. The standard InChI is InChI=1S/C15H20BrN3O2/c1-10-7-13(5-6-17-10)19-14(20)9-18-15(21)11-3-2-4-12(16)8-11/h2-4,8,10,13,17H,5-7,9H2,1H3,(H,18,21)(H,19,20). The van der Waals surface area contributed by atoms with E-state index in [1.54, 1.807) is 18.2 Å². The Morgan fingerprint density at radius 2 is 2.24 bits per heavy atom. The summed E-state index contributed by atoms with van der Waals surface area (Å²) >= 11 is 3.32. The first-order valence-electron chi connectivity index (χ1n) is 7.11. The molecular weight excluding hydrogens is 334 g/mol. The van der Waals surface area contributed by atoms with Crippen LogP contribution in [0.5, 0.6) is 0 Å². The van der Waals surface area contributed by atoms with Gasteiger partial charge in [0.2, 0.25) is 5.91 Å². The Hall–Kier alpha value is -1.40. The summed E-state index contributed by atoms with van der Waals surface area (Å²) in [4.78, 5) is 23.8. The maximum atomic E-state index is 11.9. The number of piperidine rings is 1. The van der Waals surface area contributed by atoms with E-state index >= 15 is 0 Å². The van der Waals surface area contributed by atoms with Crippen LogP contribution < -0.4 is 16.0 Å². The molecule has 2 rings (SSSR count). The number of carbonyl (C=O) groups excluding carboxylic acids is 2. The monoisotopic (exact) mass is 353 g/mol. The molecule has 1 aromatic rings. The van der Waals surface area contributed by atoms with Gasteiger partial charge in [-0.1, -0.05) is 22.0 Å². The van der Waals surface area contributed by atoms with Gasteiger partial charge in [-0.15, -0.1) is 0 Å². The number of rotatable bonds is 4. The zero-order valence-electron chi connectivity index (χ0n) is 12.0. The fraction of sp³-hybridized carbons (Fsp3) is 0.467. The fourth-order valence-corrected chi connectivity index (χ4v) is 2.83. The van der Waals surface area contributed by atoms with Crippen molar-refractivity contribution in [2.75, 3.05) is 13.1 Å². The van der Waals surface area contributed by atoms with Crippen LogP contribution in [0.15, 0.2) is 28.7 Å². The summed E-state index contributed by atoms with van der Waals surface area (Å²) in [5, 5.41) is 8.94. The lowest BCUT2D eigenvalue weighted by Gasteiger charge is -2.28. The van der Waals surface area contributed by atoms with Gasteiger partial charge in [0.05, 0.1) is 6.54 Å². The third-order valence-corrected chi connectivity index (χ3v) is 3.98. The molecule has 5 nitrogen and oxygen atoms in total. The Morgan fingerprint density at radius 3 is 2.95 bits per heavy atom. The van der Waals surface area contributed by atoms with Crippen molar-refractivity contribution in [3.05, 3.63) is 34.3 Å². The average Bonchev–Trinajstić information content (AvgIpc) is 2.45. The van der Waals surface area contributed by atoms with Crippen LogP contribution in [0.25, 0.3) is 0 Å². The summed E-state index contributed by atoms with van der Waals surface area (Å²) in [7, 11) is 0. The van der Waals surface area contributed by atoms with Gasteiger partial charge in [-0.2, -0.15) is 0 Å². The van der Waals surface area contributed by atoms with E-state index in [9.17, 15) is 9.59 Å². The van der Waals surface area contributed by atoms with E-state index < -0.39 is 0 Å². The van der Waals surface area contributed by atoms with Crippen LogP contribution in [0.3, 0.4) is 0 Å². The quantitative estimate of drug-likeness (QED) is 0.766. The lowest BCUT2D eigenvalue weighted by Crippen LogP contribution is -2.48. The summed E-state index contributed by atoms with van der Waals surface area (Å²) in [5.41, 5.74) is 0.535. The molecule has 1 aliphatic heterocycles. The van der Waals surface area contributed by atoms with Crippen LogP contribution in [-0.4, -0.2) is 37.0 Å². The van der Waals surface area contributed by atoms with Crippen LogP contribution in [0.2, 0.25) is 0 Å². The van der Waals surface area contributed by atoms with Gasteiger partial charge in [-0.3, -0.25) is 9.59 Å². The van der Waals surface area contributed by atoms with Crippen LogP contribution >= 0.6 is 15.9 Å². The normalized spacial score (nSPS) is 21.6. The Labute approximate surface area is 133 Å². The zero-order chi connectivity index (χ0) is 15.2. The summed E-state index contributed by atoms with van der Waals surface area (Å²) < 4.78 is 0.836. The van der Waals surface area contributed by atoms with E-state index in [4.69, 9.17) is 0 Å². The number of carbonyl (C=O) groups is 2. The number of amides is 2. The highest BCUT2D eigenvalue weighted by Crippen LogP contribution is 2.11. The van der Waals surface area contributed by atoms with Crippen molar-refractivity contribution in [1.82, 2.24) is 16.0 Å². The average molecular weight is 354 g/mol. The summed E-state index contributed by atoms with van der Waals surface area (Å²) in [6, 6.07) is 7.68. The highest BCUT2D eigenvalue weighted by Gasteiger charge is 2.20. The molecule has 3 N–H and O–H groups in total. The first-order valence-corrected chi connectivity index (χ1v) is 7.90. The predicted molar refractivity (Wildman–Crippen MR) is 85.1 cm³/mol. The molecule has 1 aromatic carbocycles. The molecule has 0 spiro atoms. The van der Waals surface area contributed by atoms with Crippen LogP contribution in [-0.2, 0) is 4.79 Å². The second-order valence-corrected chi connectivity index (χ2v) is 6.25. The predicted octanol–water partition coefficient (Wildman–Crippen LogP) is 1.44. The van der Waals surface area contributed by atoms with Gasteiger partial charge >= 0.3 is 0 Å². The van der Waals surface area contributed by atoms with Crippen molar-refractivity contribution in [3.8, 4) is 0 Å². The van der Waals surface area contributed by atoms with Crippen molar-refractivity contribution < 1.29 is 9.59 Å². The van der Waals surface area contributed by atoms with E-state index in [-0.39, 0.29) is 24.4 Å². The number of hydrogen-bond donors (Lipinski definition) is 3. The molecule has 114 valence electrons. The molecule has 0 radical (unpaired) electrons. The number of hydrogen-bond acceptors (Lipinski definition) is 3. The van der Waals surface area contributed by atoms with Gasteiger partial charge in [0, 0.05) is 22.1 Å². The Kier molecular flexibility index (Phi) is 5.76. The van der Waals surface area contributed by atoms with Crippen molar-refractivity contribution in [2.45, 2.75) is 31.8 Å². The molecule has 1 fully saturated rings. The lowest BCUT2D eigenvalue weighted by atomic mass is 10.0. The molecule has 0 bridgehead atoms. The van der Waals surface area contributed by atoms with Crippen molar-refractivity contribution in [1.29, 1.82) is 0 Å². The molecule has 0 aliphatic carbocycles. The molecule has 2 amide bonds. The summed E-state index contributed by atoms with van der Waals surface area (Å²) in [6.45, 7) is 3.02. The molecule has 0 saturated carbocycles. The van der Waals surface area contributed by atoms with Crippen molar-refractivity contribution in [3.63, 3.8) is 0 Å². The second kappa shape index (κ2) is 7.56. The molecule has 1 heterocycles. The topological polar surface area (TPSA) is 70.2 Å². The van der Waals surface area contributed by atoms with E-state index in [0.717, 1.165) is 23.9 Å². The minimum Gasteiger partial charge on any atom is -0.352 e. The molecule has 21 heavy (non-hydrogen) atoms. The summed E-state index contributed by atoms with van der Waals surface area (Å²) in [5.74, 6) is -0.387. The van der Waals surface area contributed by atoms with Crippen LogP contribution in [0.1, 0.15) is 30.1 Å². The van der Waals surface area contributed by atoms with Gasteiger partial charge in [-0.25, -0.2) is 0 Å². The highest BCUT2D eigenvalue weighted by molar-refractivity contribution is 9.10. The maximum Gasteiger partial charge on any atom is 0.251 e. The van der Waals surface area contributed by atoms with E-state index in [1.165, 1.54) is 0 Å². The van der Waals surface area contributed by atoms with Gasteiger partial charge < -0.3 is 16.0 Å². The largest absolute Gasteiger partial charge is 0.352 e. The Balaban J connectivity index is 1.77. The SMILES string of the molecule is CC1CC(NC(=O)CNC(=O)c2cccc(Br)c2)CCN1. The minimum atomic E-state index is -0.245. The first kappa shape index (κ1) is 16.0. The Morgan fingerprint density at radius 1 is 1.43 bits per heavy atom. The van der Waals surface area contributed by atoms with Crippen molar-refractivity contribution >= 4 is 27.7 Å². The molecule has 2 atom stereocenters. The molecular formula is C15H20BrN3O2. The van der Waals surface area contributed by atoms with E-state index in [0.29, 0.717) is 11.6 Å². The number of halogens is 1. The van der Waals surface area contributed by atoms with Crippen LogP contribution in [0, 0.1) is 0 Å². The Bertz CT molecular complexity index is 521. The van der Waals surface area contributed by atoms with E-state index in [1.807, 2.05) is 6.07 Å². The maximum absolute atomic E-state index is 11.9. The second-order valence-electron chi connectivity index (χ2n) is 5.34. The minimum absolute atomic E-state index is 0.00363. The summed E-state index contributed by atoms with van der Waals surface area (Å²) in [6.07, 6.45) is 1.85. The van der Waals surface area contributed by atoms with Gasteiger partial charge in [0.1, 0.15) is 0 Å². The smallest absolute Gasteiger partial charge is 0.251 e. The van der Waals surface area contributed by atoms with Crippen LogP contribution in [0.4, 0.5) is 0 Å². The zero-order valence-corrected chi connectivity index (χ0v) is 13.6. The van der Waals surface area contributed by atoms with E-state index in [2.05, 4.69) is 38.8 Å². The molecule has 0 aromatic heterocycles. The van der Waals surface area contributed by atoms with Gasteiger partial charge in [0.15, 0.2) is 0 Å².